The topological polar surface area (TPSA) is 27.9 Å². The van der Waals surface area contributed by atoms with Gasteiger partial charge in [-0.2, -0.15) is 0 Å². The van der Waals surface area contributed by atoms with Gasteiger partial charge in [0.2, 0.25) is 0 Å². The average molecular weight is 1360 g/mol. The molecule has 0 bridgehead atoms. The number of thiophene rings is 4. The maximum Gasteiger partial charge on any atom is 0.137 e. The zero-order valence-electron chi connectivity index (χ0n) is 54.3. The molecule has 0 saturated carbocycles. The van der Waals surface area contributed by atoms with Crippen molar-refractivity contribution < 1.29 is 4.42 Å². The fourth-order valence-electron chi connectivity index (χ4n) is 18.4. The van der Waals surface area contributed by atoms with Gasteiger partial charge in [0.15, 0.2) is 0 Å². The quantitative estimate of drug-likeness (QED) is 0.163. The Morgan fingerprint density at radius 3 is 1.52 bits per heavy atom. The first-order valence-corrected chi connectivity index (χ1v) is 37.9. The molecule has 15 aromatic carbocycles. The van der Waals surface area contributed by atoms with Gasteiger partial charge in [-0.3, -0.25) is 0 Å². The molecule has 470 valence electrons. The van der Waals surface area contributed by atoms with Crippen molar-refractivity contribution in [3.63, 3.8) is 0 Å². The van der Waals surface area contributed by atoms with Crippen LogP contribution in [0.4, 0.5) is 0 Å². The first-order chi connectivity index (χ1) is 50.0. The fraction of sp³-hybridized carbons (Fsp3) is 0.0323. The van der Waals surface area contributed by atoms with E-state index in [1.807, 2.05) is 45.3 Å². The van der Waals surface area contributed by atoms with Gasteiger partial charge in [0.25, 0.3) is 0 Å². The molecule has 0 aliphatic heterocycles. The number of hydrogen-bond donors (Lipinski definition) is 0. The lowest BCUT2D eigenvalue weighted by molar-refractivity contribution is 0.585. The molecule has 0 radical (unpaired) electrons. The molecule has 23 aromatic rings. The maximum absolute atomic E-state index is 6.59. The number of aromatic nitrogens is 3. The van der Waals surface area contributed by atoms with Gasteiger partial charge < -0.3 is 18.1 Å². The number of rotatable bonds is 6. The van der Waals surface area contributed by atoms with E-state index >= 15 is 0 Å². The number of benzene rings is 15. The molecule has 1 aliphatic rings. The van der Waals surface area contributed by atoms with Crippen LogP contribution in [0.25, 0.3) is 207 Å². The Labute approximate surface area is 592 Å². The predicted octanol–water partition coefficient (Wildman–Crippen LogP) is 27.5. The van der Waals surface area contributed by atoms with Crippen LogP contribution in [-0.4, -0.2) is 13.7 Å². The summed E-state index contributed by atoms with van der Waals surface area (Å²) in [5, 5.41) is 20.3. The van der Waals surface area contributed by atoms with Gasteiger partial charge >= 0.3 is 0 Å². The summed E-state index contributed by atoms with van der Waals surface area (Å²) in [6.07, 6.45) is 0.814. The highest BCUT2D eigenvalue weighted by Gasteiger charge is 2.42. The Bertz CT molecular complexity index is 7660. The minimum Gasteiger partial charge on any atom is -0.456 e. The number of furan rings is 1. The summed E-state index contributed by atoms with van der Waals surface area (Å²) in [5.41, 5.74) is 21.5. The third kappa shape index (κ3) is 7.36. The molecule has 1 unspecified atom stereocenters. The SMILES string of the molecule is CC1(Cc2cccc3c2c2ccc4c5ccccc5sc4c2n3-c2ccc3c(c2)sc2ccc(-c4cccc5c4c4ccc6c7ccccc7sc6c4n5-c4ccc5c(c4)oc4ccccc45)cc23)c2ccccc2-c2c(-n3c4ccccc4c4ccc5c6ccccc6sc5c43)cccc21. The second kappa shape index (κ2) is 20.1. The van der Waals surface area contributed by atoms with Crippen molar-refractivity contribution in [2.75, 3.05) is 0 Å². The van der Waals surface area contributed by atoms with Crippen LogP contribution in [0.1, 0.15) is 23.6 Å². The summed E-state index contributed by atoms with van der Waals surface area (Å²) in [6, 6.07) is 110. The van der Waals surface area contributed by atoms with E-state index in [-0.39, 0.29) is 5.41 Å². The molecular weight excluding hydrogens is 1300 g/mol. The molecule has 1 aliphatic carbocycles. The highest BCUT2D eigenvalue weighted by molar-refractivity contribution is 7.28. The van der Waals surface area contributed by atoms with E-state index in [1.54, 1.807) is 0 Å². The number of hydrogen-bond acceptors (Lipinski definition) is 5. The zero-order chi connectivity index (χ0) is 65.7. The normalized spacial score (nSPS) is 14.3. The maximum atomic E-state index is 6.59. The smallest absolute Gasteiger partial charge is 0.137 e. The molecule has 0 saturated heterocycles. The van der Waals surface area contributed by atoms with Crippen LogP contribution in [0.3, 0.4) is 0 Å². The molecule has 8 heterocycles. The van der Waals surface area contributed by atoms with Gasteiger partial charge in [0.1, 0.15) is 11.2 Å². The van der Waals surface area contributed by atoms with Crippen LogP contribution in [0, 0.1) is 0 Å². The number of para-hydroxylation sites is 2. The highest BCUT2D eigenvalue weighted by Crippen LogP contribution is 2.56. The Morgan fingerprint density at radius 2 is 0.802 bits per heavy atom. The van der Waals surface area contributed by atoms with E-state index in [1.165, 1.54) is 196 Å². The standard InChI is InChI=1S/C93H53N3OS4/c1-93(71-25-8-2-23-67(71)86-72(93)26-16-30-76(86)96-73-27-9-3-18-56(73)63-40-41-64-59-20-5-11-32-79(59)99-90(64)87(63)96)50-52-17-14-28-74-84(52)68-44-42-65-60-21-6-12-33-80(60)100-91(65)88(68)95(74)54-37-39-62-70-47-51(35-46-82(70)98-83(62)49-54)55-24-15-29-75-85(55)69-45-43-66-61-22-7-13-34-81(61)101-92(66)89(69)94(75)53-36-38-58-57-19-4-10-31-77(57)97-78(58)48-53/h2-49H,50H2,1H3. The lowest BCUT2D eigenvalue weighted by Crippen LogP contribution is -2.24. The summed E-state index contributed by atoms with van der Waals surface area (Å²) in [7, 11) is 0. The van der Waals surface area contributed by atoms with Gasteiger partial charge in [0.05, 0.1) is 52.9 Å². The van der Waals surface area contributed by atoms with Gasteiger partial charge in [0, 0.05) is 138 Å². The summed E-state index contributed by atoms with van der Waals surface area (Å²) in [4.78, 5) is 0. The molecule has 1 atom stereocenters. The van der Waals surface area contributed by atoms with Gasteiger partial charge in [-0.1, -0.05) is 207 Å². The molecule has 24 rings (SSSR count). The zero-order valence-corrected chi connectivity index (χ0v) is 57.6. The Hall–Kier alpha value is -11.6. The monoisotopic (exact) mass is 1360 g/mol. The van der Waals surface area contributed by atoms with Crippen LogP contribution >= 0.6 is 45.3 Å². The molecule has 8 heteroatoms. The molecule has 8 aromatic heterocycles. The summed E-state index contributed by atoms with van der Waals surface area (Å²) in [5.74, 6) is 0. The van der Waals surface area contributed by atoms with Crippen molar-refractivity contribution in [3.05, 3.63) is 308 Å². The third-order valence-electron chi connectivity index (χ3n) is 22.7. The average Bonchev–Trinajstić information content (AvgIpc) is 1.55. The lowest BCUT2D eigenvalue weighted by Gasteiger charge is -2.28. The van der Waals surface area contributed by atoms with E-state index < -0.39 is 0 Å². The Kier molecular flexibility index (Phi) is 11.0. The molecule has 0 spiro atoms. The fourth-order valence-corrected chi connectivity index (χ4v) is 23.3. The second-order valence-corrected chi connectivity index (χ2v) is 32.1. The van der Waals surface area contributed by atoms with E-state index in [0.717, 1.165) is 34.0 Å². The summed E-state index contributed by atoms with van der Waals surface area (Å²) >= 11 is 7.63. The summed E-state index contributed by atoms with van der Waals surface area (Å²) < 4.78 is 24.7. The molecule has 4 nitrogen and oxygen atoms in total. The molecule has 0 N–H and O–H groups in total. The van der Waals surface area contributed by atoms with Crippen molar-refractivity contribution >= 4 is 213 Å². The number of nitrogens with zero attached hydrogens (tertiary/aromatic N) is 3. The largest absolute Gasteiger partial charge is 0.456 e. The van der Waals surface area contributed by atoms with E-state index in [2.05, 4.69) is 312 Å². The van der Waals surface area contributed by atoms with E-state index in [4.69, 9.17) is 4.42 Å². The van der Waals surface area contributed by atoms with Crippen molar-refractivity contribution in [1.82, 2.24) is 13.7 Å². The highest BCUT2D eigenvalue weighted by atomic mass is 32.1. The van der Waals surface area contributed by atoms with E-state index in [0.29, 0.717) is 0 Å². The van der Waals surface area contributed by atoms with Crippen molar-refractivity contribution in [1.29, 1.82) is 0 Å². The van der Waals surface area contributed by atoms with Crippen LogP contribution in [0.5, 0.6) is 0 Å². The first-order valence-electron chi connectivity index (χ1n) is 34.7. The minimum absolute atomic E-state index is 0.369. The van der Waals surface area contributed by atoms with Crippen molar-refractivity contribution in [2.24, 2.45) is 0 Å². The molecule has 0 fully saturated rings. The summed E-state index contributed by atoms with van der Waals surface area (Å²) in [6.45, 7) is 2.52. The van der Waals surface area contributed by atoms with Crippen molar-refractivity contribution in [2.45, 2.75) is 18.8 Å². The van der Waals surface area contributed by atoms with Crippen LogP contribution in [0.15, 0.2) is 296 Å². The molecular formula is C93H53N3OS4. The van der Waals surface area contributed by atoms with E-state index in [9.17, 15) is 0 Å². The molecule has 0 amide bonds. The van der Waals surface area contributed by atoms with Gasteiger partial charge in [-0.05, 0) is 125 Å². The second-order valence-electron chi connectivity index (χ2n) is 27.9. The van der Waals surface area contributed by atoms with Crippen LogP contribution < -0.4 is 0 Å². The Morgan fingerprint density at radius 1 is 0.307 bits per heavy atom. The predicted molar refractivity (Wildman–Crippen MR) is 436 cm³/mol. The van der Waals surface area contributed by atoms with Crippen molar-refractivity contribution in [3.8, 4) is 39.3 Å². The van der Waals surface area contributed by atoms with Crippen LogP contribution in [0.2, 0.25) is 0 Å². The van der Waals surface area contributed by atoms with Gasteiger partial charge in [-0.15, -0.1) is 45.3 Å². The molecule has 101 heavy (non-hydrogen) atoms. The Balaban J connectivity index is 0.678. The number of fused-ring (bicyclic) bond motifs is 30. The van der Waals surface area contributed by atoms with Gasteiger partial charge in [-0.25, -0.2) is 0 Å². The third-order valence-corrected chi connectivity index (χ3v) is 27.4. The van der Waals surface area contributed by atoms with Crippen LogP contribution in [-0.2, 0) is 11.8 Å². The lowest BCUT2D eigenvalue weighted by atomic mass is 9.74. The first kappa shape index (κ1) is 55.3. The minimum atomic E-state index is -0.369.